The topological polar surface area (TPSA) is 46.9 Å². The molecule has 0 spiro atoms. The van der Waals surface area contributed by atoms with E-state index in [0.29, 0.717) is 5.56 Å². The number of hydrogen-bond donors (Lipinski definition) is 1. The molecule has 21 heavy (non-hydrogen) atoms. The highest BCUT2D eigenvalue weighted by Gasteiger charge is 2.09. The number of aromatic nitrogens is 2. The highest BCUT2D eigenvalue weighted by atomic mass is 16.1. The van der Waals surface area contributed by atoms with Crippen LogP contribution in [0.3, 0.4) is 0 Å². The predicted molar refractivity (Wildman–Crippen MR) is 84.6 cm³/mol. The van der Waals surface area contributed by atoms with Crippen LogP contribution in [0.1, 0.15) is 21.5 Å². The van der Waals surface area contributed by atoms with E-state index in [2.05, 4.69) is 17.2 Å². The Morgan fingerprint density at radius 2 is 1.90 bits per heavy atom. The second-order valence-corrected chi connectivity index (χ2v) is 5.31. The number of nitrogens with one attached hydrogen (secondary N) is 1. The van der Waals surface area contributed by atoms with Gasteiger partial charge in [0.25, 0.3) is 5.91 Å². The first-order valence-corrected chi connectivity index (χ1v) is 6.84. The zero-order valence-electron chi connectivity index (χ0n) is 12.3. The first-order valence-electron chi connectivity index (χ1n) is 6.84. The fourth-order valence-electron chi connectivity index (χ4n) is 2.29. The van der Waals surface area contributed by atoms with Crippen LogP contribution < -0.4 is 5.32 Å². The molecule has 0 radical (unpaired) electrons. The van der Waals surface area contributed by atoms with Gasteiger partial charge in [-0.15, -0.1) is 0 Å². The number of hydrogen-bond acceptors (Lipinski definition) is 2. The molecule has 0 aliphatic carbocycles. The Kier molecular flexibility index (Phi) is 3.22. The van der Waals surface area contributed by atoms with Crippen molar-refractivity contribution in [2.75, 3.05) is 5.32 Å². The van der Waals surface area contributed by atoms with Crippen molar-refractivity contribution in [3.63, 3.8) is 0 Å². The highest BCUT2D eigenvalue weighted by molar-refractivity contribution is 6.06. The summed E-state index contributed by atoms with van der Waals surface area (Å²) in [6, 6.07) is 11.4. The van der Waals surface area contributed by atoms with Crippen LogP contribution >= 0.6 is 0 Å². The average Bonchev–Trinajstić information content (AvgIpc) is 2.84. The van der Waals surface area contributed by atoms with Crippen LogP contribution in [0, 0.1) is 13.8 Å². The Morgan fingerprint density at radius 3 is 2.67 bits per heavy atom. The number of imidazole rings is 1. The van der Waals surface area contributed by atoms with Crippen molar-refractivity contribution in [1.82, 2.24) is 9.55 Å². The molecule has 106 valence electrons. The summed E-state index contributed by atoms with van der Waals surface area (Å²) in [6.07, 6.45) is 1.75. The largest absolute Gasteiger partial charge is 0.334 e. The van der Waals surface area contributed by atoms with Crippen LogP contribution in [0.2, 0.25) is 0 Å². The molecule has 0 fully saturated rings. The van der Waals surface area contributed by atoms with Gasteiger partial charge >= 0.3 is 0 Å². The van der Waals surface area contributed by atoms with Gasteiger partial charge in [0.05, 0.1) is 17.4 Å². The molecular weight excluding hydrogens is 262 g/mol. The maximum Gasteiger partial charge on any atom is 0.255 e. The number of carbonyl (C=O) groups is 1. The molecule has 1 amide bonds. The molecule has 2 aromatic carbocycles. The molecule has 1 aromatic heterocycles. The third-order valence-corrected chi connectivity index (χ3v) is 3.75. The van der Waals surface area contributed by atoms with Crippen molar-refractivity contribution in [2.24, 2.45) is 7.05 Å². The van der Waals surface area contributed by atoms with E-state index in [1.165, 1.54) is 5.56 Å². The third-order valence-electron chi connectivity index (χ3n) is 3.75. The highest BCUT2D eigenvalue weighted by Crippen LogP contribution is 2.17. The molecule has 0 atom stereocenters. The Labute approximate surface area is 123 Å². The minimum Gasteiger partial charge on any atom is -0.334 e. The lowest BCUT2D eigenvalue weighted by Gasteiger charge is -2.08. The summed E-state index contributed by atoms with van der Waals surface area (Å²) < 4.78 is 1.90. The second kappa shape index (κ2) is 5.05. The summed E-state index contributed by atoms with van der Waals surface area (Å²) in [5.41, 5.74) is 5.65. The molecule has 0 saturated carbocycles. The van der Waals surface area contributed by atoms with E-state index in [4.69, 9.17) is 0 Å². The summed E-state index contributed by atoms with van der Waals surface area (Å²) in [5.74, 6) is -0.110. The van der Waals surface area contributed by atoms with Crippen LogP contribution in [0.25, 0.3) is 11.0 Å². The summed E-state index contributed by atoms with van der Waals surface area (Å²) in [6.45, 7) is 4.09. The van der Waals surface area contributed by atoms with E-state index < -0.39 is 0 Å². The van der Waals surface area contributed by atoms with Crippen molar-refractivity contribution in [1.29, 1.82) is 0 Å². The lowest BCUT2D eigenvalue weighted by Crippen LogP contribution is -2.12. The van der Waals surface area contributed by atoms with Crippen LogP contribution in [-0.2, 0) is 7.05 Å². The molecule has 0 bridgehead atoms. The zero-order chi connectivity index (χ0) is 15.0. The fourth-order valence-corrected chi connectivity index (χ4v) is 2.29. The van der Waals surface area contributed by atoms with Gasteiger partial charge in [-0.2, -0.15) is 0 Å². The number of nitrogens with zero attached hydrogens (tertiary/aromatic N) is 2. The number of aryl methyl sites for hydroxylation is 3. The molecule has 3 rings (SSSR count). The first kappa shape index (κ1) is 13.4. The van der Waals surface area contributed by atoms with Gasteiger partial charge in [0.2, 0.25) is 0 Å². The Bertz CT molecular complexity index is 833. The number of anilines is 1. The lowest BCUT2D eigenvalue weighted by atomic mass is 10.1. The van der Waals surface area contributed by atoms with Gasteiger partial charge in [0, 0.05) is 18.3 Å². The molecular formula is C17H17N3O. The van der Waals surface area contributed by atoms with Crippen LogP contribution in [0.4, 0.5) is 5.69 Å². The molecule has 0 aliphatic rings. The zero-order valence-corrected chi connectivity index (χ0v) is 12.3. The first-order chi connectivity index (χ1) is 10.0. The number of fused-ring (bicyclic) bond motifs is 1. The summed E-state index contributed by atoms with van der Waals surface area (Å²) >= 11 is 0. The van der Waals surface area contributed by atoms with Crippen LogP contribution in [0.5, 0.6) is 0 Å². The Hall–Kier alpha value is -2.62. The number of carbonyl (C=O) groups excluding carboxylic acids is 1. The van der Waals surface area contributed by atoms with E-state index in [1.54, 1.807) is 12.4 Å². The second-order valence-electron chi connectivity index (χ2n) is 5.31. The van der Waals surface area contributed by atoms with Crippen molar-refractivity contribution in [3.05, 3.63) is 59.4 Å². The van der Waals surface area contributed by atoms with E-state index in [-0.39, 0.29) is 5.91 Å². The minimum absolute atomic E-state index is 0.110. The molecule has 1 heterocycles. The molecule has 0 aliphatic heterocycles. The van der Waals surface area contributed by atoms with Crippen molar-refractivity contribution in [2.45, 2.75) is 13.8 Å². The number of amides is 1. The van der Waals surface area contributed by atoms with Gasteiger partial charge in [-0.05, 0) is 55.3 Å². The van der Waals surface area contributed by atoms with Gasteiger partial charge < -0.3 is 9.88 Å². The number of rotatable bonds is 2. The quantitative estimate of drug-likeness (QED) is 0.781. The van der Waals surface area contributed by atoms with Gasteiger partial charge in [0.15, 0.2) is 0 Å². The smallest absolute Gasteiger partial charge is 0.255 e. The van der Waals surface area contributed by atoms with Crippen molar-refractivity contribution >= 4 is 22.6 Å². The predicted octanol–water partition coefficient (Wildman–Crippen LogP) is 3.44. The van der Waals surface area contributed by atoms with Crippen molar-refractivity contribution < 1.29 is 4.79 Å². The minimum atomic E-state index is -0.110. The summed E-state index contributed by atoms with van der Waals surface area (Å²) in [5, 5.41) is 2.93. The Balaban J connectivity index is 1.89. The van der Waals surface area contributed by atoms with Crippen LogP contribution in [-0.4, -0.2) is 15.5 Å². The number of benzene rings is 2. The van der Waals surface area contributed by atoms with Gasteiger partial charge in [-0.25, -0.2) is 4.98 Å². The van der Waals surface area contributed by atoms with Gasteiger partial charge in [0.1, 0.15) is 0 Å². The average molecular weight is 279 g/mol. The molecule has 4 nitrogen and oxygen atoms in total. The maximum absolute atomic E-state index is 12.3. The normalized spacial score (nSPS) is 10.8. The molecule has 1 N–H and O–H groups in total. The third kappa shape index (κ3) is 2.52. The van der Waals surface area contributed by atoms with Gasteiger partial charge in [-0.1, -0.05) is 6.07 Å². The maximum atomic E-state index is 12.3. The molecule has 4 heteroatoms. The molecule has 0 unspecified atom stereocenters. The van der Waals surface area contributed by atoms with Gasteiger partial charge in [-0.3, -0.25) is 4.79 Å². The van der Waals surface area contributed by atoms with E-state index in [9.17, 15) is 4.79 Å². The molecule has 0 saturated heterocycles. The van der Waals surface area contributed by atoms with E-state index >= 15 is 0 Å². The van der Waals surface area contributed by atoms with E-state index in [1.807, 2.05) is 48.9 Å². The fraction of sp³-hybridized carbons (Fsp3) is 0.176. The Morgan fingerprint density at radius 1 is 1.10 bits per heavy atom. The molecule has 3 aromatic rings. The van der Waals surface area contributed by atoms with Crippen LogP contribution in [0.15, 0.2) is 42.7 Å². The standard InChI is InChI=1S/C17H17N3O/c1-11-4-6-14(8-12(11)2)19-17(21)13-5-7-15-16(9-13)20(3)10-18-15/h4-10H,1-3H3,(H,19,21). The monoisotopic (exact) mass is 279 g/mol. The summed E-state index contributed by atoms with van der Waals surface area (Å²) in [7, 11) is 1.92. The SMILES string of the molecule is Cc1ccc(NC(=O)c2ccc3ncn(C)c3c2)cc1C. The van der Waals surface area contributed by atoms with E-state index in [0.717, 1.165) is 22.3 Å². The lowest BCUT2D eigenvalue weighted by molar-refractivity contribution is 0.102. The summed E-state index contributed by atoms with van der Waals surface area (Å²) in [4.78, 5) is 16.6. The van der Waals surface area contributed by atoms with Crippen molar-refractivity contribution in [3.8, 4) is 0 Å².